The molecule has 0 bridgehead atoms. The van der Waals surface area contributed by atoms with Gasteiger partial charge in [0.15, 0.2) is 5.82 Å². The van der Waals surface area contributed by atoms with Gasteiger partial charge in [-0.1, -0.05) is 6.07 Å². The maximum atomic E-state index is 5.72. The number of fused-ring (bicyclic) bond motifs is 1. The molecule has 0 amide bonds. The summed E-state index contributed by atoms with van der Waals surface area (Å²) >= 11 is 1.77. The number of anilines is 1. The van der Waals surface area contributed by atoms with Gasteiger partial charge in [0.2, 0.25) is 5.95 Å². The van der Waals surface area contributed by atoms with Gasteiger partial charge in [-0.25, -0.2) is 0 Å². The predicted molar refractivity (Wildman–Crippen MR) is 106 cm³/mol. The minimum absolute atomic E-state index is 0.381. The fourth-order valence-electron chi connectivity index (χ4n) is 4.61. The minimum Gasteiger partial charge on any atom is -0.381 e. The van der Waals surface area contributed by atoms with E-state index in [0.29, 0.717) is 17.9 Å². The third-order valence-corrected chi connectivity index (χ3v) is 6.78. The molecule has 1 saturated heterocycles. The van der Waals surface area contributed by atoms with E-state index in [1.807, 2.05) is 25.4 Å². The smallest absolute Gasteiger partial charge is 0.227 e. The van der Waals surface area contributed by atoms with Crippen LogP contribution in [0.4, 0.5) is 5.95 Å². The van der Waals surface area contributed by atoms with Crippen LogP contribution in [0.3, 0.4) is 0 Å². The molecule has 6 nitrogen and oxygen atoms in total. The van der Waals surface area contributed by atoms with E-state index in [9.17, 15) is 0 Å². The van der Waals surface area contributed by atoms with Crippen molar-refractivity contribution in [3.05, 3.63) is 46.9 Å². The van der Waals surface area contributed by atoms with Gasteiger partial charge in [-0.05, 0) is 42.3 Å². The first-order chi connectivity index (χ1) is 13.3. The number of nitrogens with zero attached hydrogens (tertiary/aromatic N) is 5. The normalized spacial score (nSPS) is 24.5. The topological polar surface area (TPSA) is 56.1 Å². The molecule has 7 heteroatoms. The lowest BCUT2D eigenvalue weighted by Gasteiger charge is -2.21. The third kappa shape index (κ3) is 3.04. The van der Waals surface area contributed by atoms with Crippen molar-refractivity contribution in [3.63, 3.8) is 0 Å². The van der Waals surface area contributed by atoms with Crippen LogP contribution in [0.5, 0.6) is 0 Å². The van der Waals surface area contributed by atoms with Crippen molar-refractivity contribution >= 4 is 17.3 Å². The van der Waals surface area contributed by atoms with Crippen LogP contribution in [0, 0.1) is 11.8 Å². The average molecular weight is 382 g/mol. The molecule has 3 aromatic heterocycles. The molecule has 27 heavy (non-hydrogen) atoms. The van der Waals surface area contributed by atoms with Crippen molar-refractivity contribution in [2.24, 2.45) is 11.8 Å². The van der Waals surface area contributed by atoms with Crippen LogP contribution in [-0.2, 0) is 11.3 Å². The molecule has 3 atom stereocenters. The highest BCUT2D eigenvalue weighted by molar-refractivity contribution is 7.09. The molecule has 2 fully saturated rings. The van der Waals surface area contributed by atoms with E-state index in [1.54, 1.807) is 17.5 Å². The Balaban J connectivity index is 1.50. The Hall–Kier alpha value is -2.25. The molecule has 5 rings (SSSR count). The Labute approximate surface area is 162 Å². The van der Waals surface area contributed by atoms with E-state index in [-0.39, 0.29) is 0 Å². The molecule has 1 aliphatic carbocycles. The summed E-state index contributed by atoms with van der Waals surface area (Å²) in [7, 11) is 1.84. The van der Waals surface area contributed by atoms with Gasteiger partial charge in [0.1, 0.15) is 0 Å². The molecule has 140 valence electrons. The van der Waals surface area contributed by atoms with Gasteiger partial charge in [0, 0.05) is 49.0 Å². The first kappa shape index (κ1) is 16.9. The summed E-state index contributed by atoms with van der Waals surface area (Å²) in [5.41, 5.74) is 1.00. The molecule has 1 saturated carbocycles. The Kier molecular flexibility index (Phi) is 4.41. The van der Waals surface area contributed by atoms with Crippen molar-refractivity contribution in [1.82, 2.24) is 19.7 Å². The summed E-state index contributed by atoms with van der Waals surface area (Å²) in [4.78, 5) is 7.97. The second-order valence-corrected chi connectivity index (χ2v) is 8.44. The number of pyridine rings is 1. The van der Waals surface area contributed by atoms with Crippen molar-refractivity contribution in [3.8, 4) is 11.4 Å². The first-order valence-electron chi connectivity index (χ1n) is 9.47. The predicted octanol–water partition coefficient (Wildman–Crippen LogP) is 3.31. The molecule has 0 N–H and O–H groups in total. The number of aromatic nitrogens is 4. The zero-order chi connectivity index (χ0) is 18.2. The van der Waals surface area contributed by atoms with Gasteiger partial charge in [-0.15, -0.1) is 21.5 Å². The van der Waals surface area contributed by atoms with Crippen molar-refractivity contribution in [1.29, 1.82) is 0 Å². The van der Waals surface area contributed by atoms with E-state index in [1.165, 1.54) is 17.7 Å². The summed E-state index contributed by atoms with van der Waals surface area (Å²) in [5, 5.41) is 11.3. The Bertz CT molecular complexity index is 895. The first-order valence-corrected chi connectivity index (χ1v) is 10.3. The zero-order valence-corrected chi connectivity index (χ0v) is 16.2. The molecule has 0 radical (unpaired) electrons. The lowest BCUT2D eigenvalue weighted by Crippen LogP contribution is -2.28. The summed E-state index contributed by atoms with van der Waals surface area (Å²) in [5.74, 6) is 3.14. The van der Waals surface area contributed by atoms with Crippen LogP contribution in [-0.4, -0.2) is 46.1 Å². The maximum Gasteiger partial charge on any atom is 0.227 e. The summed E-state index contributed by atoms with van der Waals surface area (Å²) in [6.07, 6.45) is 6.46. The van der Waals surface area contributed by atoms with E-state index < -0.39 is 0 Å². The SMILES string of the molecule is CO[C@@H]1CC[C@@H]2CN(c3nnc(-c4cccnc4)n3Cc3cccs3)C[C@@H]21. The number of hydrogen-bond acceptors (Lipinski definition) is 6. The van der Waals surface area contributed by atoms with E-state index in [0.717, 1.165) is 37.0 Å². The molecular weight excluding hydrogens is 358 g/mol. The van der Waals surface area contributed by atoms with Gasteiger partial charge in [-0.2, -0.15) is 0 Å². The quantitative estimate of drug-likeness (QED) is 0.679. The fraction of sp³-hybridized carbons (Fsp3) is 0.450. The van der Waals surface area contributed by atoms with Gasteiger partial charge >= 0.3 is 0 Å². The largest absolute Gasteiger partial charge is 0.381 e. The number of methoxy groups -OCH3 is 1. The van der Waals surface area contributed by atoms with Crippen molar-refractivity contribution < 1.29 is 4.74 Å². The van der Waals surface area contributed by atoms with Crippen LogP contribution < -0.4 is 4.90 Å². The van der Waals surface area contributed by atoms with E-state index in [2.05, 4.69) is 42.2 Å². The highest BCUT2D eigenvalue weighted by Crippen LogP contribution is 2.41. The van der Waals surface area contributed by atoms with Crippen molar-refractivity contribution in [2.75, 3.05) is 25.1 Å². The van der Waals surface area contributed by atoms with Gasteiger partial charge in [0.05, 0.1) is 12.6 Å². The molecular formula is C20H23N5OS. The Morgan fingerprint density at radius 3 is 2.93 bits per heavy atom. The molecule has 0 spiro atoms. The van der Waals surface area contributed by atoms with Crippen molar-refractivity contribution in [2.45, 2.75) is 25.5 Å². The van der Waals surface area contributed by atoms with E-state index in [4.69, 9.17) is 4.74 Å². The molecule has 4 heterocycles. The molecule has 0 aromatic carbocycles. The molecule has 2 aliphatic rings. The maximum absolute atomic E-state index is 5.72. The highest BCUT2D eigenvalue weighted by Gasteiger charge is 2.44. The monoisotopic (exact) mass is 381 g/mol. The number of ether oxygens (including phenoxy) is 1. The molecule has 0 unspecified atom stereocenters. The van der Waals surface area contributed by atoms with Gasteiger partial charge in [0.25, 0.3) is 0 Å². The van der Waals surface area contributed by atoms with Gasteiger partial charge < -0.3 is 9.64 Å². The third-order valence-electron chi connectivity index (χ3n) is 5.92. The summed E-state index contributed by atoms with van der Waals surface area (Å²) in [6.45, 7) is 2.82. The standard InChI is InChI=1S/C20H23N5OS/c1-26-18-7-6-15-11-24(13-17(15)18)20-23-22-19(14-4-2-8-21-10-14)25(20)12-16-5-3-9-27-16/h2-5,8-10,15,17-18H,6-7,11-13H2,1H3/t15-,17+,18-/m1/s1. The number of rotatable bonds is 5. The summed E-state index contributed by atoms with van der Waals surface area (Å²) < 4.78 is 7.96. The molecule has 3 aromatic rings. The van der Waals surface area contributed by atoms with Crippen LogP contribution in [0.25, 0.3) is 11.4 Å². The second kappa shape index (κ2) is 7.05. The zero-order valence-electron chi connectivity index (χ0n) is 15.4. The minimum atomic E-state index is 0.381. The average Bonchev–Trinajstić information content (AvgIpc) is 3.47. The van der Waals surface area contributed by atoms with Crippen LogP contribution >= 0.6 is 11.3 Å². The van der Waals surface area contributed by atoms with Crippen LogP contribution in [0.15, 0.2) is 42.0 Å². The number of thiophene rings is 1. The van der Waals surface area contributed by atoms with Crippen LogP contribution in [0.2, 0.25) is 0 Å². The Morgan fingerprint density at radius 1 is 1.19 bits per heavy atom. The summed E-state index contributed by atoms with van der Waals surface area (Å²) in [6, 6.07) is 8.26. The molecule has 1 aliphatic heterocycles. The van der Waals surface area contributed by atoms with Gasteiger partial charge in [-0.3, -0.25) is 9.55 Å². The van der Waals surface area contributed by atoms with Crippen LogP contribution in [0.1, 0.15) is 17.7 Å². The van der Waals surface area contributed by atoms with E-state index >= 15 is 0 Å². The highest BCUT2D eigenvalue weighted by atomic mass is 32.1. The number of hydrogen-bond donors (Lipinski definition) is 0. The lowest BCUT2D eigenvalue weighted by molar-refractivity contribution is 0.0721. The Morgan fingerprint density at radius 2 is 2.15 bits per heavy atom. The fourth-order valence-corrected chi connectivity index (χ4v) is 5.31. The second-order valence-electron chi connectivity index (χ2n) is 7.41. The lowest BCUT2D eigenvalue weighted by atomic mass is 9.99.